The summed E-state index contributed by atoms with van der Waals surface area (Å²) in [5, 5.41) is 19.4. The van der Waals surface area contributed by atoms with Gasteiger partial charge in [0.05, 0.1) is 22.7 Å². The second kappa shape index (κ2) is 8.67. The van der Waals surface area contributed by atoms with Crippen LogP contribution in [0.4, 0.5) is 4.39 Å². The SMILES string of the molecule is N#CCNC(=O)Cc1nnc(Cc2nc3ccc(Oc4ccc(F)cc4)cc3s2)o1. The summed E-state index contributed by atoms with van der Waals surface area (Å²) in [7, 11) is 0. The molecule has 2 heterocycles. The lowest BCUT2D eigenvalue weighted by atomic mass is 10.3. The Morgan fingerprint density at radius 2 is 1.93 bits per heavy atom. The van der Waals surface area contributed by atoms with Crippen LogP contribution >= 0.6 is 11.3 Å². The third-order valence-electron chi connectivity index (χ3n) is 3.94. The molecule has 4 aromatic rings. The number of rotatable bonds is 7. The molecule has 4 rings (SSSR count). The van der Waals surface area contributed by atoms with Crippen molar-refractivity contribution in [2.75, 3.05) is 6.54 Å². The molecule has 2 aromatic carbocycles. The lowest BCUT2D eigenvalue weighted by Gasteiger charge is -2.04. The molecule has 0 fully saturated rings. The van der Waals surface area contributed by atoms with Crippen molar-refractivity contribution in [3.8, 4) is 17.6 Å². The number of nitrogens with zero attached hydrogens (tertiary/aromatic N) is 4. The molecule has 0 aliphatic heterocycles. The first kappa shape index (κ1) is 19.5. The predicted octanol–water partition coefficient (Wildman–Crippen LogP) is 3.38. The van der Waals surface area contributed by atoms with Crippen molar-refractivity contribution in [3.05, 3.63) is 65.1 Å². The van der Waals surface area contributed by atoms with Gasteiger partial charge in [-0.15, -0.1) is 21.5 Å². The molecule has 0 radical (unpaired) electrons. The number of nitrogens with one attached hydrogen (secondary N) is 1. The molecule has 0 aliphatic rings. The average molecular weight is 423 g/mol. The maximum atomic E-state index is 13.0. The molecular formula is C20H14FN5O3S. The van der Waals surface area contributed by atoms with Crippen LogP contribution in [0.15, 0.2) is 46.9 Å². The molecule has 10 heteroatoms. The van der Waals surface area contributed by atoms with E-state index in [9.17, 15) is 9.18 Å². The number of ether oxygens (including phenoxy) is 1. The van der Waals surface area contributed by atoms with Crippen LogP contribution in [-0.2, 0) is 17.6 Å². The Hall–Kier alpha value is -3.84. The van der Waals surface area contributed by atoms with E-state index >= 15 is 0 Å². The fraction of sp³-hybridized carbons (Fsp3) is 0.150. The van der Waals surface area contributed by atoms with Gasteiger partial charge in [-0.25, -0.2) is 9.37 Å². The molecule has 0 aliphatic carbocycles. The minimum atomic E-state index is -0.361. The first-order chi connectivity index (χ1) is 14.6. The van der Waals surface area contributed by atoms with Gasteiger partial charge in [-0.3, -0.25) is 4.79 Å². The first-order valence-electron chi connectivity index (χ1n) is 8.87. The third kappa shape index (κ3) is 4.76. The van der Waals surface area contributed by atoms with Crippen LogP contribution in [0.2, 0.25) is 0 Å². The molecule has 30 heavy (non-hydrogen) atoms. The maximum Gasteiger partial charge on any atom is 0.230 e. The van der Waals surface area contributed by atoms with Gasteiger partial charge in [-0.05, 0) is 36.4 Å². The van der Waals surface area contributed by atoms with Crippen molar-refractivity contribution in [1.82, 2.24) is 20.5 Å². The molecule has 1 amide bonds. The second-order valence-corrected chi connectivity index (χ2v) is 7.29. The van der Waals surface area contributed by atoms with E-state index in [0.717, 1.165) is 15.2 Å². The van der Waals surface area contributed by atoms with Crippen LogP contribution in [0.25, 0.3) is 10.2 Å². The number of carbonyl (C=O) groups is 1. The number of hydrogen-bond donors (Lipinski definition) is 1. The van der Waals surface area contributed by atoms with Crippen LogP contribution in [-0.4, -0.2) is 27.6 Å². The largest absolute Gasteiger partial charge is 0.457 e. The highest BCUT2D eigenvalue weighted by Gasteiger charge is 2.14. The van der Waals surface area contributed by atoms with Crippen molar-refractivity contribution in [1.29, 1.82) is 5.26 Å². The van der Waals surface area contributed by atoms with Crippen LogP contribution in [0.5, 0.6) is 11.5 Å². The second-order valence-electron chi connectivity index (χ2n) is 6.17. The van der Waals surface area contributed by atoms with Gasteiger partial charge in [0, 0.05) is 6.07 Å². The van der Waals surface area contributed by atoms with E-state index in [4.69, 9.17) is 14.4 Å². The van der Waals surface area contributed by atoms with Gasteiger partial charge < -0.3 is 14.5 Å². The molecule has 1 N–H and O–H groups in total. The zero-order chi connectivity index (χ0) is 20.9. The minimum Gasteiger partial charge on any atom is -0.457 e. The fourth-order valence-corrected chi connectivity index (χ4v) is 3.62. The summed E-state index contributed by atoms with van der Waals surface area (Å²) in [4.78, 5) is 16.2. The van der Waals surface area contributed by atoms with E-state index in [1.807, 2.05) is 18.2 Å². The zero-order valence-corrected chi connectivity index (χ0v) is 16.3. The van der Waals surface area contributed by atoms with Gasteiger partial charge >= 0.3 is 0 Å². The Kier molecular flexibility index (Phi) is 5.63. The Balaban J connectivity index is 1.43. The van der Waals surface area contributed by atoms with Gasteiger partial charge in [0.2, 0.25) is 17.7 Å². The molecule has 0 spiro atoms. The van der Waals surface area contributed by atoms with E-state index < -0.39 is 0 Å². The highest BCUT2D eigenvalue weighted by atomic mass is 32.1. The molecule has 0 saturated carbocycles. The number of hydrogen-bond acceptors (Lipinski definition) is 8. The summed E-state index contributed by atoms with van der Waals surface area (Å²) in [5.41, 5.74) is 0.803. The van der Waals surface area contributed by atoms with E-state index in [1.54, 1.807) is 18.2 Å². The number of nitriles is 1. The van der Waals surface area contributed by atoms with Crippen molar-refractivity contribution in [2.45, 2.75) is 12.8 Å². The van der Waals surface area contributed by atoms with Gasteiger partial charge in [0.15, 0.2) is 0 Å². The molecule has 150 valence electrons. The topological polar surface area (TPSA) is 114 Å². The molecule has 0 unspecified atom stereocenters. The van der Waals surface area contributed by atoms with Crippen LogP contribution < -0.4 is 10.1 Å². The Morgan fingerprint density at radius 1 is 1.17 bits per heavy atom. The highest BCUT2D eigenvalue weighted by molar-refractivity contribution is 7.18. The number of thiazole rings is 1. The number of fused-ring (bicyclic) bond motifs is 1. The summed E-state index contributed by atoms with van der Waals surface area (Å²) >= 11 is 1.46. The van der Waals surface area contributed by atoms with Gasteiger partial charge in [0.1, 0.15) is 35.3 Å². The van der Waals surface area contributed by atoms with Gasteiger partial charge in [0.25, 0.3) is 0 Å². The fourth-order valence-electron chi connectivity index (χ4n) is 2.63. The summed E-state index contributed by atoms with van der Waals surface area (Å²) in [6, 6.07) is 13.1. The Morgan fingerprint density at radius 3 is 2.73 bits per heavy atom. The van der Waals surface area contributed by atoms with E-state index in [-0.39, 0.29) is 30.6 Å². The highest BCUT2D eigenvalue weighted by Crippen LogP contribution is 2.30. The van der Waals surface area contributed by atoms with Crippen LogP contribution in [0.3, 0.4) is 0 Å². The van der Waals surface area contributed by atoms with E-state index in [1.165, 1.54) is 23.5 Å². The minimum absolute atomic E-state index is 0.0710. The van der Waals surface area contributed by atoms with Crippen molar-refractivity contribution >= 4 is 27.5 Å². The Labute approximate surface area is 173 Å². The number of halogens is 1. The van der Waals surface area contributed by atoms with Crippen LogP contribution in [0.1, 0.15) is 16.8 Å². The average Bonchev–Trinajstić information content (AvgIpc) is 3.34. The normalized spacial score (nSPS) is 10.7. The predicted molar refractivity (Wildman–Crippen MR) is 106 cm³/mol. The number of benzene rings is 2. The molecule has 0 saturated heterocycles. The summed E-state index contributed by atoms with van der Waals surface area (Å²) in [5.74, 6) is 0.999. The summed E-state index contributed by atoms with van der Waals surface area (Å²) < 4.78 is 25.2. The maximum absolute atomic E-state index is 13.0. The van der Waals surface area contributed by atoms with E-state index in [2.05, 4.69) is 20.5 Å². The standard InChI is InChI=1S/C20H14FN5O3S/c21-12-1-3-13(4-2-12)28-14-5-6-15-16(9-14)30-20(24-15)11-19-26-25-18(29-19)10-17(27)23-8-7-22/h1-6,9H,8,10-11H2,(H,23,27). The lowest BCUT2D eigenvalue weighted by Crippen LogP contribution is -2.25. The smallest absolute Gasteiger partial charge is 0.230 e. The molecule has 0 bridgehead atoms. The molecule has 2 aromatic heterocycles. The molecule has 0 atom stereocenters. The summed E-state index contributed by atoms with van der Waals surface area (Å²) in [6.07, 6.45) is 0.249. The monoisotopic (exact) mass is 423 g/mol. The first-order valence-corrected chi connectivity index (χ1v) is 9.68. The number of aromatic nitrogens is 3. The van der Waals surface area contributed by atoms with Crippen LogP contribution in [0, 0.1) is 17.1 Å². The van der Waals surface area contributed by atoms with E-state index in [0.29, 0.717) is 23.8 Å². The molecule has 8 nitrogen and oxygen atoms in total. The van der Waals surface area contributed by atoms with Crippen molar-refractivity contribution < 1.29 is 18.3 Å². The van der Waals surface area contributed by atoms with Gasteiger partial charge in [-0.2, -0.15) is 5.26 Å². The number of amides is 1. The van der Waals surface area contributed by atoms with Crippen molar-refractivity contribution in [2.24, 2.45) is 0 Å². The lowest BCUT2D eigenvalue weighted by molar-refractivity contribution is -0.120. The summed E-state index contributed by atoms with van der Waals surface area (Å²) in [6.45, 7) is -0.0710. The third-order valence-corrected chi connectivity index (χ3v) is 4.96. The number of carbonyl (C=O) groups excluding carboxylic acids is 1. The quantitative estimate of drug-likeness (QED) is 0.453. The zero-order valence-electron chi connectivity index (χ0n) is 15.5. The Bertz CT molecular complexity index is 1230. The van der Waals surface area contributed by atoms with Crippen molar-refractivity contribution in [3.63, 3.8) is 0 Å². The van der Waals surface area contributed by atoms with Gasteiger partial charge in [-0.1, -0.05) is 0 Å². The molecular weight excluding hydrogens is 409 g/mol.